The average Bonchev–Trinajstić information content (AvgIpc) is 2.76. The Balaban J connectivity index is 1.66. The van der Waals surface area contributed by atoms with E-state index in [1.165, 1.54) is 48.5 Å². The Labute approximate surface area is 174 Å². The van der Waals surface area contributed by atoms with E-state index in [1.807, 2.05) is 30.3 Å². The van der Waals surface area contributed by atoms with Crippen LogP contribution in [-0.4, -0.2) is 28.9 Å². The number of ketones is 1. The monoisotopic (exact) mass is 407 g/mol. The Bertz CT molecular complexity index is 1010. The summed E-state index contributed by atoms with van der Waals surface area (Å²) >= 11 is 0. The van der Waals surface area contributed by atoms with Gasteiger partial charge in [0.25, 0.3) is 0 Å². The third-order valence-electron chi connectivity index (χ3n) is 5.86. The molecule has 1 heterocycles. The third-order valence-corrected chi connectivity index (χ3v) is 5.86. The number of Topliss-reactive ketones (excluding diaryl/α,β-unsaturated/α-hetero) is 1. The second kappa shape index (κ2) is 8.46. The van der Waals surface area contributed by atoms with Gasteiger partial charge in [-0.1, -0.05) is 42.5 Å². The van der Waals surface area contributed by atoms with Gasteiger partial charge in [0.2, 0.25) is 0 Å². The number of nitrogens with zero attached hydrogens (tertiary/aromatic N) is 1. The Morgan fingerprint density at radius 1 is 0.933 bits per heavy atom. The number of carbonyl (C=O) groups is 1. The highest BCUT2D eigenvalue weighted by atomic mass is 19.1. The van der Waals surface area contributed by atoms with E-state index >= 15 is 0 Å². The molecule has 0 spiro atoms. The molecule has 0 aromatic heterocycles. The van der Waals surface area contributed by atoms with Gasteiger partial charge in [-0.3, -0.25) is 9.69 Å². The molecule has 3 aromatic carbocycles. The molecule has 154 valence electrons. The number of benzene rings is 3. The number of hydrogen-bond acceptors (Lipinski definition) is 3. The molecule has 4 rings (SSSR count). The minimum atomic E-state index is -1.42. The summed E-state index contributed by atoms with van der Waals surface area (Å²) < 4.78 is 26.8. The van der Waals surface area contributed by atoms with Crippen molar-refractivity contribution in [1.82, 2.24) is 4.90 Å². The van der Waals surface area contributed by atoms with Gasteiger partial charge in [0, 0.05) is 25.2 Å². The summed E-state index contributed by atoms with van der Waals surface area (Å²) in [4.78, 5) is 15.5. The fourth-order valence-corrected chi connectivity index (χ4v) is 4.19. The molecule has 1 aliphatic rings. The van der Waals surface area contributed by atoms with Gasteiger partial charge in [-0.2, -0.15) is 0 Å². The number of piperidine rings is 1. The molecule has 1 saturated heterocycles. The van der Waals surface area contributed by atoms with Crippen LogP contribution in [0.25, 0.3) is 0 Å². The Kier molecular flexibility index (Phi) is 5.75. The van der Waals surface area contributed by atoms with Crippen LogP contribution >= 0.6 is 0 Å². The zero-order valence-corrected chi connectivity index (χ0v) is 16.5. The highest BCUT2D eigenvalue weighted by Crippen LogP contribution is 2.39. The van der Waals surface area contributed by atoms with Crippen molar-refractivity contribution in [3.63, 3.8) is 0 Å². The summed E-state index contributed by atoms with van der Waals surface area (Å²) in [6.45, 7) is 1.60. The van der Waals surface area contributed by atoms with E-state index < -0.39 is 23.2 Å². The van der Waals surface area contributed by atoms with Gasteiger partial charge >= 0.3 is 0 Å². The van der Waals surface area contributed by atoms with Gasteiger partial charge in [0.15, 0.2) is 5.78 Å². The molecule has 5 heteroatoms. The predicted molar refractivity (Wildman–Crippen MR) is 111 cm³/mol. The molecule has 30 heavy (non-hydrogen) atoms. The van der Waals surface area contributed by atoms with Gasteiger partial charge in [0.1, 0.15) is 17.2 Å². The topological polar surface area (TPSA) is 40.5 Å². The van der Waals surface area contributed by atoms with Gasteiger partial charge in [-0.15, -0.1) is 0 Å². The van der Waals surface area contributed by atoms with E-state index in [1.54, 1.807) is 0 Å². The van der Waals surface area contributed by atoms with E-state index in [0.29, 0.717) is 37.2 Å². The first-order valence-electron chi connectivity index (χ1n) is 10.0. The van der Waals surface area contributed by atoms with Crippen LogP contribution in [0.4, 0.5) is 8.78 Å². The zero-order valence-electron chi connectivity index (χ0n) is 16.5. The lowest BCUT2D eigenvalue weighted by atomic mass is 9.72. The lowest BCUT2D eigenvalue weighted by molar-refractivity contribution is -0.0659. The molecule has 3 aromatic rings. The second-order valence-electron chi connectivity index (χ2n) is 7.83. The molecule has 3 nitrogen and oxygen atoms in total. The number of rotatable bonds is 5. The molecule has 0 saturated carbocycles. The van der Waals surface area contributed by atoms with Gasteiger partial charge in [-0.05, 0) is 53.9 Å². The fraction of sp³-hybridized carbons (Fsp3) is 0.240. The first kappa shape index (κ1) is 20.4. The molecular formula is C25H23F2NO2. The molecule has 0 bridgehead atoms. The fourth-order valence-electron chi connectivity index (χ4n) is 4.19. The van der Waals surface area contributed by atoms with E-state index in [-0.39, 0.29) is 5.78 Å². The maximum Gasteiger partial charge on any atom is 0.170 e. The van der Waals surface area contributed by atoms with Crippen LogP contribution in [0.15, 0.2) is 78.9 Å². The molecule has 1 N–H and O–H groups in total. The van der Waals surface area contributed by atoms with Crippen molar-refractivity contribution in [1.29, 1.82) is 0 Å². The molecule has 1 aliphatic heterocycles. The quantitative estimate of drug-likeness (QED) is 0.631. The molecular weight excluding hydrogens is 384 g/mol. The first-order valence-corrected chi connectivity index (χ1v) is 10.0. The molecule has 2 atom stereocenters. The summed E-state index contributed by atoms with van der Waals surface area (Å²) in [5, 5.41) is 11.6. The Morgan fingerprint density at radius 3 is 2.17 bits per heavy atom. The van der Waals surface area contributed by atoms with Crippen LogP contribution in [0.2, 0.25) is 0 Å². The Morgan fingerprint density at radius 2 is 1.53 bits per heavy atom. The van der Waals surface area contributed by atoms with Crippen molar-refractivity contribution in [2.24, 2.45) is 5.92 Å². The summed E-state index contributed by atoms with van der Waals surface area (Å²) in [7, 11) is 0. The second-order valence-corrected chi connectivity index (χ2v) is 7.83. The summed E-state index contributed by atoms with van der Waals surface area (Å²) in [5.41, 5.74) is 0.566. The lowest BCUT2D eigenvalue weighted by Gasteiger charge is -2.44. The highest BCUT2D eigenvalue weighted by molar-refractivity contribution is 5.99. The van der Waals surface area contributed by atoms with Crippen molar-refractivity contribution in [3.05, 3.63) is 107 Å². The van der Waals surface area contributed by atoms with Crippen molar-refractivity contribution >= 4 is 5.78 Å². The number of carbonyl (C=O) groups excluding carboxylic acids is 1. The smallest absolute Gasteiger partial charge is 0.170 e. The van der Waals surface area contributed by atoms with Gasteiger partial charge in [-0.25, -0.2) is 8.78 Å². The summed E-state index contributed by atoms with van der Waals surface area (Å²) in [6.07, 6.45) is 0.336. The van der Waals surface area contributed by atoms with E-state index in [2.05, 4.69) is 4.90 Å². The standard InChI is InChI=1S/C25H23F2NO2/c26-21-10-6-19(7-11-21)24(29)23-17-28(16-18-4-2-1-3-5-18)15-14-25(23,30)20-8-12-22(27)13-9-20/h1-13,23,30H,14-17H2/t23-,25+/m1/s1. The van der Waals surface area contributed by atoms with Crippen LogP contribution in [0.3, 0.4) is 0 Å². The minimum Gasteiger partial charge on any atom is -0.384 e. The number of likely N-dealkylation sites (tertiary alicyclic amines) is 1. The normalized spacial score (nSPS) is 22.0. The van der Waals surface area contributed by atoms with Crippen LogP contribution in [0.5, 0.6) is 0 Å². The number of halogens is 2. The maximum absolute atomic E-state index is 13.4. The first-order chi connectivity index (χ1) is 14.5. The maximum atomic E-state index is 13.4. The van der Waals surface area contributed by atoms with Crippen LogP contribution in [-0.2, 0) is 12.1 Å². The van der Waals surface area contributed by atoms with E-state index in [9.17, 15) is 18.7 Å². The third kappa shape index (κ3) is 4.18. The summed E-state index contributed by atoms with van der Waals surface area (Å²) in [5.74, 6) is -1.83. The van der Waals surface area contributed by atoms with E-state index in [0.717, 1.165) is 5.56 Å². The van der Waals surface area contributed by atoms with Gasteiger partial charge < -0.3 is 5.11 Å². The predicted octanol–water partition coefficient (Wildman–Crippen LogP) is 4.56. The average molecular weight is 407 g/mol. The molecule has 0 aliphatic carbocycles. The molecule has 1 fully saturated rings. The van der Waals surface area contributed by atoms with Crippen molar-refractivity contribution in [3.8, 4) is 0 Å². The summed E-state index contributed by atoms with van der Waals surface area (Å²) in [6, 6.07) is 21.0. The van der Waals surface area contributed by atoms with Crippen molar-refractivity contribution < 1.29 is 18.7 Å². The molecule has 0 unspecified atom stereocenters. The number of hydrogen-bond donors (Lipinski definition) is 1. The van der Waals surface area contributed by atoms with Crippen molar-refractivity contribution in [2.45, 2.75) is 18.6 Å². The van der Waals surface area contributed by atoms with Crippen LogP contribution in [0.1, 0.15) is 27.9 Å². The Hall–Kier alpha value is -2.89. The highest BCUT2D eigenvalue weighted by Gasteiger charge is 2.46. The SMILES string of the molecule is O=C(c1ccc(F)cc1)[C@H]1CN(Cc2ccccc2)CC[C@]1(O)c1ccc(F)cc1. The largest absolute Gasteiger partial charge is 0.384 e. The molecule has 0 amide bonds. The van der Waals surface area contributed by atoms with Crippen LogP contribution in [0, 0.1) is 17.6 Å². The zero-order chi connectivity index (χ0) is 21.1. The van der Waals surface area contributed by atoms with Crippen LogP contribution < -0.4 is 0 Å². The van der Waals surface area contributed by atoms with E-state index in [4.69, 9.17) is 0 Å². The lowest BCUT2D eigenvalue weighted by Crippen LogP contribution is -2.52. The molecule has 0 radical (unpaired) electrons. The number of aliphatic hydroxyl groups is 1. The van der Waals surface area contributed by atoms with Crippen molar-refractivity contribution in [2.75, 3.05) is 13.1 Å². The van der Waals surface area contributed by atoms with Gasteiger partial charge in [0.05, 0.1) is 5.92 Å². The minimum absolute atomic E-state index is 0.250.